The average molecular weight is 356 g/mol. The summed E-state index contributed by atoms with van der Waals surface area (Å²) in [5, 5.41) is 0. The van der Waals surface area contributed by atoms with Crippen molar-refractivity contribution in [2.75, 3.05) is 31.0 Å². The largest absolute Gasteiger partial charge is 0.495 e. The fourth-order valence-corrected chi connectivity index (χ4v) is 3.01. The molecule has 0 saturated carbocycles. The Kier molecular flexibility index (Phi) is 7.34. The third-order valence-electron chi connectivity index (χ3n) is 4.13. The number of unbranched alkanes of at least 4 members (excludes halogenated alkanes) is 1. The molecule has 0 bridgehead atoms. The van der Waals surface area contributed by atoms with Crippen molar-refractivity contribution in [3.63, 3.8) is 0 Å². The normalized spacial score (nSPS) is 20.2. The van der Waals surface area contributed by atoms with Crippen LogP contribution in [0.3, 0.4) is 0 Å². The monoisotopic (exact) mass is 355 g/mol. The van der Waals surface area contributed by atoms with Crippen LogP contribution in [0.2, 0.25) is 0 Å². The molecule has 2 unspecified atom stereocenters. The Labute approximate surface area is 148 Å². The fraction of sp³-hybridized carbons (Fsp3) is 0.611. The minimum absolute atomic E-state index is 0.0988. The molecule has 6 heteroatoms. The van der Waals surface area contributed by atoms with Crippen molar-refractivity contribution in [3.8, 4) is 5.75 Å². The van der Waals surface area contributed by atoms with E-state index in [1.165, 1.54) is 0 Å². The summed E-state index contributed by atoms with van der Waals surface area (Å²) in [6.45, 7) is 4.96. The summed E-state index contributed by atoms with van der Waals surface area (Å²) in [6.07, 6.45) is 2.87. The highest BCUT2D eigenvalue weighted by Crippen LogP contribution is 2.33. The summed E-state index contributed by atoms with van der Waals surface area (Å²) < 4.78 is 17.1. The van der Waals surface area contributed by atoms with Crippen molar-refractivity contribution >= 4 is 23.2 Å². The Morgan fingerprint density at radius 2 is 2.25 bits per heavy atom. The number of hydrogen-bond donors (Lipinski definition) is 0. The highest BCUT2D eigenvalue weighted by atomic mass is 35.5. The van der Waals surface area contributed by atoms with Crippen molar-refractivity contribution in [2.24, 2.45) is 0 Å². The van der Waals surface area contributed by atoms with E-state index in [1.54, 1.807) is 12.0 Å². The first kappa shape index (κ1) is 19.0. The highest BCUT2D eigenvalue weighted by molar-refractivity contribution is 6.29. The highest BCUT2D eigenvalue weighted by Gasteiger charge is 2.31. The lowest BCUT2D eigenvalue weighted by Crippen LogP contribution is -2.39. The number of alkyl halides is 1. The predicted molar refractivity (Wildman–Crippen MR) is 94.9 cm³/mol. The van der Waals surface area contributed by atoms with E-state index in [0.717, 1.165) is 30.5 Å². The van der Waals surface area contributed by atoms with Crippen molar-refractivity contribution in [1.82, 2.24) is 0 Å². The molecule has 2 rings (SSSR count). The summed E-state index contributed by atoms with van der Waals surface area (Å²) >= 11 is 5.81. The zero-order chi connectivity index (χ0) is 17.5. The van der Waals surface area contributed by atoms with Crippen LogP contribution in [0.25, 0.3) is 0 Å². The van der Waals surface area contributed by atoms with Gasteiger partial charge in [0.05, 0.1) is 32.1 Å². The van der Waals surface area contributed by atoms with Gasteiger partial charge in [-0.3, -0.25) is 4.79 Å². The van der Waals surface area contributed by atoms with Gasteiger partial charge in [-0.1, -0.05) is 31.9 Å². The lowest BCUT2D eigenvalue weighted by Gasteiger charge is -2.27. The van der Waals surface area contributed by atoms with E-state index in [9.17, 15) is 4.79 Å². The maximum atomic E-state index is 12.4. The van der Waals surface area contributed by atoms with E-state index >= 15 is 0 Å². The zero-order valence-corrected chi connectivity index (χ0v) is 15.3. The lowest BCUT2D eigenvalue weighted by atomic mass is 10.1. The molecule has 134 valence electrons. The maximum absolute atomic E-state index is 12.4. The van der Waals surface area contributed by atoms with Crippen LogP contribution in [0, 0.1) is 6.92 Å². The van der Waals surface area contributed by atoms with E-state index in [4.69, 9.17) is 25.8 Å². The maximum Gasteiger partial charge on any atom is 0.242 e. The summed E-state index contributed by atoms with van der Waals surface area (Å²) in [5.74, 6) is 0.325. The molecular weight excluding hydrogens is 330 g/mol. The van der Waals surface area contributed by atoms with Gasteiger partial charge in [0.15, 0.2) is 6.29 Å². The van der Waals surface area contributed by atoms with Crippen molar-refractivity contribution in [3.05, 3.63) is 23.8 Å². The Bertz CT molecular complexity index is 552. The molecule has 1 heterocycles. The van der Waals surface area contributed by atoms with E-state index in [1.807, 2.05) is 25.1 Å². The molecule has 0 radical (unpaired) electrons. The van der Waals surface area contributed by atoms with E-state index in [-0.39, 0.29) is 17.9 Å². The molecule has 0 spiro atoms. The van der Waals surface area contributed by atoms with Crippen LogP contribution in [0.5, 0.6) is 5.75 Å². The van der Waals surface area contributed by atoms with Gasteiger partial charge < -0.3 is 19.1 Å². The minimum Gasteiger partial charge on any atom is -0.495 e. The van der Waals surface area contributed by atoms with Crippen molar-refractivity contribution in [2.45, 2.75) is 45.5 Å². The number of rotatable bonds is 8. The van der Waals surface area contributed by atoms with Crippen LogP contribution in [0.15, 0.2) is 18.2 Å². The van der Waals surface area contributed by atoms with Gasteiger partial charge in [-0.2, -0.15) is 0 Å². The Balaban J connectivity index is 2.15. The van der Waals surface area contributed by atoms with Gasteiger partial charge in [0.25, 0.3) is 0 Å². The van der Waals surface area contributed by atoms with Crippen LogP contribution in [0.4, 0.5) is 5.69 Å². The molecule has 0 aliphatic carbocycles. The Hall–Kier alpha value is -1.30. The van der Waals surface area contributed by atoms with Gasteiger partial charge in [0, 0.05) is 0 Å². The number of ether oxygens (including phenoxy) is 3. The van der Waals surface area contributed by atoms with Crippen molar-refractivity contribution < 1.29 is 19.0 Å². The molecule has 0 aromatic heterocycles. The number of hydrogen-bond acceptors (Lipinski definition) is 4. The molecule has 1 aliphatic heterocycles. The number of anilines is 1. The van der Waals surface area contributed by atoms with Crippen LogP contribution >= 0.6 is 11.6 Å². The third-order valence-corrected chi connectivity index (χ3v) is 4.36. The second-order valence-corrected chi connectivity index (χ2v) is 6.19. The van der Waals surface area contributed by atoms with Crippen LogP contribution in [0.1, 0.15) is 31.7 Å². The van der Waals surface area contributed by atoms with E-state index < -0.39 is 6.29 Å². The van der Waals surface area contributed by atoms with Crippen LogP contribution in [-0.2, 0) is 14.3 Å². The standard InChI is InChI=1S/C18H26ClNO4/c1-4-5-8-14-12-23-17(24-14)11-20(16(21)10-19)18-13(2)7-6-9-15(18)22-3/h6-7,9,14,17H,4-5,8,10-12H2,1-3H3. The SMILES string of the molecule is CCCCC1COC(CN(C(=O)CCl)c2c(C)cccc2OC)O1. The number of nitrogens with zero attached hydrogens (tertiary/aromatic N) is 1. The number of aryl methyl sites for hydroxylation is 1. The summed E-state index contributed by atoms with van der Waals surface area (Å²) in [4.78, 5) is 14.0. The topological polar surface area (TPSA) is 48.0 Å². The average Bonchev–Trinajstić information content (AvgIpc) is 3.04. The molecule has 1 amide bonds. The quantitative estimate of drug-likeness (QED) is 0.669. The first-order chi connectivity index (χ1) is 11.6. The molecule has 1 fully saturated rings. The molecular formula is C18H26ClNO4. The lowest BCUT2D eigenvalue weighted by molar-refractivity contribution is -0.118. The summed E-state index contributed by atoms with van der Waals surface area (Å²) in [6, 6.07) is 5.66. The molecule has 1 aliphatic rings. The molecule has 1 aromatic rings. The number of amides is 1. The second-order valence-electron chi connectivity index (χ2n) is 5.93. The van der Waals surface area contributed by atoms with Crippen LogP contribution in [-0.4, -0.2) is 44.4 Å². The van der Waals surface area contributed by atoms with Crippen LogP contribution < -0.4 is 9.64 Å². The second kappa shape index (κ2) is 9.25. The number of halogens is 1. The summed E-state index contributed by atoms with van der Waals surface area (Å²) in [7, 11) is 1.59. The Morgan fingerprint density at radius 3 is 2.92 bits per heavy atom. The zero-order valence-electron chi connectivity index (χ0n) is 14.6. The molecule has 24 heavy (non-hydrogen) atoms. The number of carbonyl (C=O) groups is 1. The predicted octanol–water partition coefficient (Wildman–Crippen LogP) is 3.51. The molecule has 1 saturated heterocycles. The first-order valence-electron chi connectivity index (χ1n) is 8.37. The summed E-state index contributed by atoms with van der Waals surface area (Å²) in [5.41, 5.74) is 1.66. The van der Waals surface area contributed by atoms with Crippen molar-refractivity contribution in [1.29, 1.82) is 0 Å². The number of benzene rings is 1. The fourth-order valence-electron chi connectivity index (χ4n) is 2.87. The number of methoxy groups -OCH3 is 1. The smallest absolute Gasteiger partial charge is 0.242 e. The minimum atomic E-state index is -0.441. The molecule has 5 nitrogen and oxygen atoms in total. The van der Waals surface area contributed by atoms with Gasteiger partial charge in [-0.15, -0.1) is 11.6 Å². The molecule has 1 aromatic carbocycles. The molecule has 0 N–H and O–H groups in total. The van der Waals surface area contributed by atoms with Gasteiger partial charge in [0.1, 0.15) is 11.6 Å². The Morgan fingerprint density at radius 1 is 1.46 bits per heavy atom. The van der Waals surface area contributed by atoms with E-state index in [0.29, 0.717) is 18.9 Å². The van der Waals surface area contributed by atoms with Gasteiger partial charge in [-0.25, -0.2) is 0 Å². The first-order valence-corrected chi connectivity index (χ1v) is 8.91. The van der Waals surface area contributed by atoms with Gasteiger partial charge in [-0.05, 0) is 25.0 Å². The van der Waals surface area contributed by atoms with Gasteiger partial charge in [0.2, 0.25) is 5.91 Å². The van der Waals surface area contributed by atoms with E-state index in [2.05, 4.69) is 6.92 Å². The van der Waals surface area contributed by atoms with Gasteiger partial charge >= 0.3 is 0 Å². The third kappa shape index (κ3) is 4.62. The molecule has 2 atom stereocenters. The number of para-hydroxylation sites is 1. The number of carbonyl (C=O) groups excluding carboxylic acids is 1.